The van der Waals surface area contributed by atoms with E-state index in [0.29, 0.717) is 25.8 Å². The number of anilines is 1. The van der Waals surface area contributed by atoms with Crippen LogP contribution >= 0.6 is 0 Å². The highest BCUT2D eigenvalue weighted by Gasteiger charge is 2.45. The molecule has 0 bridgehead atoms. The molecular formula is C24H27N5O3. The minimum absolute atomic E-state index is 0.00589. The van der Waals surface area contributed by atoms with Crippen molar-refractivity contribution in [1.29, 1.82) is 0 Å². The van der Waals surface area contributed by atoms with Crippen molar-refractivity contribution in [3.05, 3.63) is 65.9 Å². The van der Waals surface area contributed by atoms with E-state index in [1.165, 1.54) is 0 Å². The van der Waals surface area contributed by atoms with Crippen molar-refractivity contribution in [2.24, 2.45) is 5.41 Å². The highest BCUT2D eigenvalue weighted by atomic mass is 16.6. The quantitative estimate of drug-likeness (QED) is 0.663. The van der Waals surface area contributed by atoms with E-state index in [4.69, 9.17) is 5.73 Å². The summed E-state index contributed by atoms with van der Waals surface area (Å²) in [6.45, 7) is 0.808. The number of piperidine rings is 1. The van der Waals surface area contributed by atoms with Gasteiger partial charge in [0.2, 0.25) is 17.4 Å². The van der Waals surface area contributed by atoms with Crippen molar-refractivity contribution in [1.82, 2.24) is 20.1 Å². The van der Waals surface area contributed by atoms with Crippen LogP contribution in [0.2, 0.25) is 0 Å². The Morgan fingerprint density at radius 1 is 1.09 bits per heavy atom. The van der Waals surface area contributed by atoms with Crippen LogP contribution in [0.1, 0.15) is 28.9 Å². The van der Waals surface area contributed by atoms with E-state index in [0.717, 1.165) is 16.7 Å². The molecule has 1 aromatic heterocycles. The molecule has 1 saturated heterocycles. The molecule has 0 aliphatic carbocycles. The lowest BCUT2D eigenvalue weighted by atomic mass is 9.73. The van der Waals surface area contributed by atoms with Gasteiger partial charge in [-0.15, -0.1) is 0 Å². The van der Waals surface area contributed by atoms with Gasteiger partial charge in [0.1, 0.15) is 0 Å². The van der Waals surface area contributed by atoms with E-state index >= 15 is 0 Å². The maximum atomic E-state index is 13.4. The van der Waals surface area contributed by atoms with Gasteiger partial charge in [-0.1, -0.05) is 54.6 Å². The molecule has 1 aliphatic heterocycles. The maximum absolute atomic E-state index is 13.4. The molecule has 1 unspecified atom stereocenters. The fourth-order valence-electron chi connectivity index (χ4n) is 4.55. The van der Waals surface area contributed by atoms with Gasteiger partial charge >= 0.3 is 0 Å². The van der Waals surface area contributed by atoms with Crippen LogP contribution in [0.3, 0.4) is 0 Å². The molecule has 3 aromatic rings. The first-order chi connectivity index (χ1) is 15.4. The maximum Gasteiger partial charge on any atom is 0.280 e. The molecule has 166 valence electrons. The lowest BCUT2D eigenvalue weighted by Gasteiger charge is -2.43. The zero-order valence-electron chi connectivity index (χ0n) is 18.3. The number of hydrogen-bond donors (Lipinski definition) is 1. The van der Waals surface area contributed by atoms with Crippen LogP contribution in [0.15, 0.2) is 59.2 Å². The number of amides is 2. The molecule has 0 radical (unpaired) electrons. The molecule has 2 aromatic carbocycles. The Morgan fingerprint density at radius 3 is 2.53 bits per heavy atom. The summed E-state index contributed by atoms with van der Waals surface area (Å²) in [4.78, 5) is 29.7. The average Bonchev–Trinajstić information content (AvgIpc) is 3.24. The van der Waals surface area contributed by atoms with Crippen LogP contribution in [0, 0.1) is 5.41 Å². The van der Waals surface area contributed by atoms with Gasteiger partial charge < -0.3 is 15.5 Å². The number of rotatable bonds is 5. The second kappa shape index (κ2) is 8.82. The molecule has 2 heterocycles. The molecule has 0 spiro atoms. The largest absolute Gasteiger partial charge is 0.379 e. The van der Waals surface area contributed by atoms with Gasteiger partial charge in [-0.05, 0) is 46.3 Å². The molecular weight excluding hydrogens is 406 g/mol. The van der Waals surface area contributed by atoms with Crippen LogP contribution in [-0.2, 0) is 11.2 Å². The standard InChI is InChI=1S/C24H27N5O3/c1-28(2)23(31)24(12-7-13-29(16-24)22(30)20-21(25)27-32-26-20)15-17-8-6-11-19(14-17)18-9-4-3-5-10-18/h3-6,8-11,14H,7,12-13,15-16H2,1-2H3,(H2,25,27). The minimum Gasteiger partial charge on any atom is -0.379 e. The van der Waals surface area contributed by atoms with Gasteiger partial charge in [0.25, 0.3) is 5.91 Å². The summed E-state index contributed by atoms with van der Waals surface area (Å²) in [5.74, 6) is -0.399. The SMILES string of the molecule is CN(C)C(=O)C1(Cc2cccc(-c3ccccc3)c2)CCCN(C(=O)c2nonc2N)C1. The summed E-state index contributed by atoms with van der Waals surface area (Å²) in [6, 6.07) is 18.4. The topological polar surface area (TPSA) is 106 Å². The van der Waals surface area contributed by atoms with E-state index in [9.17, 15) is 9.59 Å². The van der Waals surface area contributed by atoms with Gasteiger partial charge in [-0.3, -0.25) is 9.59 Å². The van der Waals surface area contributed by atoms with Crippen LogP contribution < -0.4 is 5.73 Å². The Hall–Kier alpha value is -3.68. The third-order valence-electron chi connectivity index (χ3n) is 6.02. The Kier molecular flexibility index (Phi) is 5.94. The number of aromatic nitrogens is 2. The predicted octanol–water partition coefficient (Wildman–Crippen LogP) is 2.87. The van der Waals surface area contributed by atoms with Crippen molar-refractivity contribution in [3.63, 3.8) is 0 Å². The van der Waals surface area contributed by atoms with E-state index in [1.54, 1.807) is 23.9 Å². The van der Waals surface area contributed by atoms with Crippen LogP contribution in [0.4, 0.5) is 5.82 Å². The van der Waals surface area contributed by atoms with Crippen LogP contribution in [0.5, 0.6) is 0 Å². The third kappa shape index (κ3) is 4.21. The molecule has 8 heteroatoms. The Bertz CT molecular complexity index is 1110. The Morgan fingerprint density at radius 2 is 1.84 bits per heavy atom. The number of nitrogen functional groups attached to an aromatic ring is 1. The van der Waals surface area contributed by atoms with Gasteiger partial charge in [-0.2, -0.15) is 0 Å². The zero-order valence-corrected chi connectivity index (χ0v) is 18.3. The van der Waals surface area contributed by atoms with Gasteiger partial charge in [-0.25, -0.2) is 4.63 Å². The van der Waals surface area contributed by atoms with E-state index in [1.807, 2.05) is 30.3 Å². The molecule has 8 nitrogen and oxygen atoms in total. The van der Waals surface area contributed by atoms with E-state index in [2.05, 4.69) is 39.2 Å². The molecule has 1 atom stereocenters. The fourth-order valence-corrected chi connectivity index (χ4v) is 4.55. The van der Waals surface area contributed by atoms with Crippen LogP contribution in [-0.4, -0.2) is 59.1 Å². The number of carbonyl (C=O) groups excluding carboxylic acids is 2. The molecule has 1 fully saturated rings. The summed E-state index contributed by atoms with van der Waals surface area (Å²) in [6.07, 6.45) is 1.92. The summed E-state index contributed by atoms with van der Waals surface area (Å²) in [5.41, 5.74) is 8.26. The first kappa shape index (κ1) is 21.5. The van der Waals surface area contributed by atoms with Crippen molar-refractivity contribution in [2.45, 2.75) is 19.3 Å². The number of carbonyl (C=O) groups is 2. The number of nitrogens with zero attached hydrogens (tertiary/aromatic N) is 4. The smallest absolute Gasteiger partial charge is 0.280 e. The number of hydrogen-bond acceptors (Lipinski definition) is 6. The Labute approximate surface area is 187 Å². The molecule has 1 aliphatic rings. The second-order valence-corrected chi connectivity index (χ2v) is 8.55. The predicted molar refractivity (Wildman–Crippen MR) is 121 cm³/mol. The van der Waals surface area contributed by atoms with Crippen LogP contribution in [0.25, 0.3) is 11.1 Å². The number of nitrogens with two attached hydrogens (primary N) is 1. The molecule has 4 rings (SSSR count). The second-order valence-electron chi connectivity index (χ2n) is 8.55. The highest BCUT2D eigenvalue weighted by Crippen LogP contribution is 2.37. The minimum atomic E-state index is -0.737. The molecule has 2 amide bonds. The van der Waals surface area contributed by atoms with Gasteiger partial charge in [0.15, 0.2) is 0 Å². The first-order valence-corrected chi connectivity index (χ1v) is 10.6. The summed E-state index contributed by atoms with van der Waals surface area (Å²) >= 11 is 0. The summed E-state index contributed by atoms with van der Waals surface area (Å²) < 4.78 is 4.60. The van der Waals surface area contributed by atoms with Crippen molar-refractivity contribution < 1.29 is 14.2 Å². The lowest BCUT2D eigenvalue weighted by molar-refractivity contribution is -0.142. The van der Waals surface area contributed by atoms with Crippen molar-refractivity contribution in [2.75, 3.05) is 32.9 Å². The summed E-state index contributed by atoms with van der Waals surface area (Å²) in [7, 11) is 3.51. The van der Waals surface area contributed by atoms with Crippen molar-refractivity contribution >= 4 is 17.6 Å². The first-order valence-electron chi connectivity index (χ1n) is 10.6. The van der Waals surface area contributed by atoms with Gasteiger partial charge in [0.05, 0.1) is 5.41 Å². The monoisotopic (exact) mass is 433 g/mol. The van der Waals surface area contributed by atoms with Crippen molar-refractivity contribution in [3.8, 4) is 11.1 Å². The van der Waals surface area contributed by atoms with E-state index < -0.39 is 5.41 Å². The number of likely N-dealkylation sites (tertiary alicyclic amines) is 1. The normalized spacial score (nSPS) is 18.4. The summed E-state index contributed by atoms with van der Waals surface area (Å²) in [5, 5.41) is 7.16. The lowest BCUT2D eigenvalue weighted by Crippen LogP contribution is -2.54. The zero-order chi connectivity index (χ0) is 22.7. The molecule has 32 heavy (non-hydrogen) atoms. The third-order valence-corrected chi connectivity index (χ3v) is 6.02. The average molecular weight is 434 g/mol. The van der Waals surface area contributed by atoms with E-state index in [-0.39, 0.29) is 29.9 Å². The number of benzene rings is 2. The fraction of sp³-hybridized carbons (Fsp3) is 0.333. The Balaban J connectivity index is 1.65. The highest BCUT2D eigenvalue weighted by molar-refractivity contribution is 5.96. The molecule has 0 saturated carbocycles. The van der Waals surface area contributed by atoms with Gasteiger partial charge in [0, 0.05) is 27.2 Å². The molecule has 2 N–H and O–H groups in total.